The van der Waals surface area contributed by atoms with Crippen molar-refractivity contribution in [3.05, 3.63) is 52.3 Å². The normalized spacial score (nSPS) is 15.4. The first-order chi connectivity index (χ1) is 17.0. The third kappa shape index (κ3) is 6.36. The molecule has 2 heterocycles. The Kier molecular flexibility index (Phi) is 7.57. The smallest absolute Gasteiger partial charge is 0.310 e. The molecule has 0 amide bonds. The molecule has 0 spiro atoms. The molecule has 0 aliphatic heterocycles. The highest BCUT2D eigenvalue weighted by atomic mass is 35.5. The first-order valence-electron chi connectivity index (χ1n) is 11.5. The van der Waals surface area contributed by atoms with Gasteiger partial charge in [0.2, 0.25) is 11.7 Å². The van der Waals surface area contributed by atoms with Crippen LogP contribution in [0.1, 0.15) is 47.5 Å². The first-order valence-corrected chi connectivity index (χ1v) is 12.3. The summed E-state index contributed by atoms with van der Waals surface area (Å²) >= 11 is 12.7. The highest BCUT2D eigenvalue weighted by Crippen LogP contribution is 2.36. The van der Waals surface area contributed by atoms with Gasteiger partial charge < -0.3 is 18.7 Å². The van der Waals surface area contributed by atoms with Crippen LogP contribution >= 0.6 is 23.2 Å². The fraction of sp³-hybridized carbons (Fsp3) is 0.385. The van der Waals surface area contributed by atoms with Crippen molar-refractivity contribution in [2.75, 3.05) is 0 Å². The second-order valence-corrected chi connectivity index (χ2v) is 10.6. The van der Waals surface area contributed by atoms with Crippen molar-refractivity contribution < 1.29 is 23.5 Å². The number of carbonyl (C=O) groups excluding carboxylic acids is 1. The molecule has 8 nitrogen and oxygen atoms in total. The summed E-state index contributed by atoms with van der Waals surface area (Å²) < 4.78 is 22.1. The summed E-state index contributed by atoms with van der Waals surface area (Å²) in [6.07, 6.45) is 4.40. The summed E-state index contributed by atoms with van der Waals surface area (Å²) in [7, 11) is 0. The zero-order valence-electron chi connectivity index (χ0n) is 20.7. The number of carbonyl (C=O) groups is 1. The molecule has 190 valence electrons. The van der Waals surface area contributed by atoms with Crippen LogP contribution in [0, 0.1) is 5.92 Å². The number of aromatic nitrogens is 3. The summed E-state index contributed by atoms with van der Waals surface area (Å²) in [5, 5.41) is 4.78. The standard InChI is InChI=1S/C26H27Cl2N3O5/c1-14(2)34-24-21(28)10-17(12-29-24)23-30-22(31-36-23)19-7-6-18(11-20(19)27)33-13-15-8-16(9-15)25(32)35-26(3,4)5/h6-7,10-14,16H,8-9H2,1-5H3. The lowest BCUT2D eigenvalue weighted by molar-refractivity contribution is -0.161. The average molecular weight is 532 g/mol. The van der Waals surface area contributed by atoms with Gasteiger partial charge in [-0.15, -0.1) is 0 Å². The van der Waals surface area contributed by atoms with Crippen LogP contribution in [0.15, 0.2) is 46.8 Å². The topological polar surface area (TPSA) is 96.6 Å². The monoisotopic (exact) mass is 531 g/mol. The lowest BCUT2D eigenvalue weighted by Crippen LogP contribution is -2.33. The summed E-state index contributed by atoms with van der Waals surface area (Å²) in [5.41, 5.74) is 1.69. The molecule has 2 aromatic heterocycles. The lowest BCUT2D eigenvalue weighted by Gasteiger charge is -2.30. The summed E-state index contributed by atoms with van der Waals surface area (Å²) in [6.45, 7) is 9.36. The number of allylic oxidation sites excluding steroid dienone is 1. The van der Waals surface area contributed by atoms with E-state index in [0.717, 1.165) is 5.57 Å². The van der Waals surface area contributed by atoms with Gasteiger partial charge in [-0.2, -0.15) is 4.98 Å². The molecule has 0 atom stereocenters. The van der Waals surface area contributed by atoms with Gasteiger partial charge in [0.1, 0.15) is 16.4 Å². The number of nitrogens with zero attached hydrogens (tertiary/aromatic N) is 3. The number of esters is 1. The highest BCUT2D eigenvalue weighted by Gasteiger charge is 2.33. The molecule has 1 aliphatic carbocycles. The predicted molar refractivity (Wildman–Crippen MR) is 136 cm³/mol. The van der Waals surface area contributed by atoms with Gasteiger partial charge in [-0.05, 0) is 71.2 Å². The molecule has 0 unspecified atom stereocenters. The molecule has 10 heteroatoms. The second-order valence-electron chi connectivity index (χ2n) is 9.77. The molecule has 0 bridgehead atoms. The van der Waals surface area contributed by atoms with Crippen LogP contribution in [-0.4, -0.2) is 32.8 Å². The van der Waals surface area contributed by atoms with Crippen LogP contribution in [0.4, 0.5) is 0 Å². The molecule has 1 fully saturated rings. The molecule has 1 aliphatic rings. The van der Waals surface area contributed by atoms with Crippen LogP contribution in [0.5, 0.6) is 11.6 Å². The maximum absolute atomic E-state index is 12.1. The number of benzene rings is 1. The molecular formula is C26H27Cl2N3O5. The lowest BCUT2D eigenvalue weighted by atomic mass is 9.81. The van der Waals surface area contributed by atoms with Gasteiger partial charge >= 0.3 is 5.97 Å². The van der Waals surface area contributed by atoms with Gasteiger partial charge in [0, 0.05) is 17.8 Å². The largest absolute Gasteiger partial charge is 0.474 e. The summed E-state index contributed by atoms with van der Waals surface area (Å²) in [5.74, 6) is 1.16. The molecule has 36 heavy (non-hydrogen) atoms. The fourth-order valence-electron chi connectivity index (χ4n) is 3.43. The zero-order valence-corrected chi connectivity index (χ0v) is 22.2. The first kappa shape index (κ1) is 26.0. The van der Waals surface area contributed by atoms with E-state index in [-0.39, 0.29) is 23.9 Å². The molecule has 0 radical (unpaired) electrons. The Morgan fingerprint density at radius 3 is 2.56 bits per heavy atom. The van der Waals surface area contributed by atoms with E-state index in [1.54, 1.807) is 36.7 Å². The Morgan fingerprint density at radius 2 is 1.92 bits per heavy atom. The summed E-state index contributed by atoms with van der Waals surface area (Å²) in [6, 6.07) is 6.84. The van der Waals surface area contributed by atoms with Crippen LogP contribution in [0.2, 0.25) is 10.0 Å². The zero-order chi connectivity index (χ0) is 26.0. The highest BCUT2D eigenvalue weighted by molar-refractivity contribution is 6.33. The van der Waals surface area contributed by atoms with Crippen LogP contribution < -0.4 is 9.47 Å². The van der Waals surface area contributed by atoms with Gasteiger partial charge in [-0.1, -0.05) is 28.4 Å². The Labute approximate surface area is 219 Å². The second kappa shape index (κ2) is 10.5. The quantitative estimate of drug-likeness (QED) is 0.239. The Bertz CT molecular complexity index is 1290. The average Bonchev–Trinajstić information content (AvgIpc) is 3.22. The van der Waals surface area contributed by atoms with E-state index < -0.39 is 5.60 Å². The maximum Gasteiger partial charge on any atom is 0.310 e. The van der Waals surface area contributed by atoms with Crippen molar-refractivity contribution in [1.29, 1.82) is 0 Å². The van der Waals surface area contributed by atoms with Crippen molar-refractivity contribution in [1.82, 2.24) is 15.1 Å². The van der Waals surface area contributed by atoms with Gasteiger partial charge in [-0.3, -0.25) is 4.79 Å². The minimum Gasteiger partial charge on any atom is -0.474 e. The van der Waals surface area contributed by atoms with E-state index in [2.05, 4.69) is 15.1 Å². The van der Waals surface area contributed by atoms with E-state index in [9.17, 15) is 4.79 Å². The van der Waals surface area contributed by atoms with E-state index >= 15 is 0 Å². The summed E-state index contributed by atoms with van der Waals surface area (Å²) in [4.78, 5) is 20.7. The minimum atomic E-state index is -0.484. The Hall–Kier alpha value is -3.10. The van der Waals surface area contributed by atoms with Gasteiger partial charge in [0.05, 0.1) is 28.9 Å². The van der Waals surface area contributed by atoms with Crippen molar-refractivity contribution in [2.45, 2.75) is 59.2 Å². The number of ether oxygens (including phenoxy) is 3. The Morgan fingerprint density at radius 1 is 1.17 bits per heavy atom. The third-order valence-electron chi connectivity index (χ3n) is 5.13. The Balaban J connectivity index is 1.39. The van der Waals surface area contributed by atoms with Gasteiger partial charge in [0.15, 0.2) is 0 Å². The van der Waals surface area contributed by atoms with Gasteiger partial charge in [0.25, 0.3) is 5.89 Å². The van der Waals surface area contributed by atoms with Gasteiger partial charge in [-0.25, -0.2) is 4.98 Å². The number of halogens is 2. The molecular weight excluding hydrogens is 505 g/mol. The molecule has 1 aromatic carbocycles. The minimum absolute atomic E-state index is 0.0518. The van der Waals surface area contributed by atoms with E-state index in [4.69, 9.17) is 41.9 Å². The SMILES string of the molecule is CC(C)Oc1ncc(-c2nc(-c3ccc(OC=C4CC(C(=O)OC(C)(C)C)C4)cc3Cl)no2)cc1Cl. The number of hydrogen-bond donors (Lipinski definition) is 0. The maximum atomic E-state index is 12.1. The molecule has 0 N–H and O–H groups in total. The molecule has 3 aromatic rings. The third-order valence-corrected chi connectivity index (χ3v) is 5.71. The van der Waals surface area contributed by atoms with Crippen molar-refractivity contribution in [2.24, 2.45) is 5.92 Å². The van der Waals surface area contributed by atoms with Crippen LogP contribution in [0.25, 0.3) is 22.8 Å². The fourth-order valence-corrected chi connectivity index (χ4v) is 3.89. The van der Waals surface area contributed by atoms with E-state index in [0.29, 0.717) is 51.5 Å². The number of rotatable bonds is 7. The molecule has 0 saturated heterocycles. The van der Waals surface area contributed by atoms with E-state index in [1.165, 1.54) is 0 Å². The predicted octanol–water partition coefficient (Wildman–Crippen LogP) is 6.91. The number of hydrogen-bond acceptors (Lipinski definition) is 8. The molecule has 4 rings (SSSR count). The van der Waals surface area contributed by atoms with Crippen molar-refractivity contribution in [3.63, 3.8) is 0 Å². The van der Waals surface area contributed by atoms with Crippen molar-refractivity contribution in [3.8, 4) is 34.5 Å². The van der Waals surface area contributed by atoms with E-state index in [1.807, 2.05) is 34.6 Å². The molecule has 1 saturated carbocycles. The number of pyridine rings is 1. The van der Waals surface area contributed by atoms with Crippen molar-refractivity contribution >= 4 is 29.2 Å². The van der Waals surface area contributed by atoms with Crippen LogP contribution in [-0.2, 0) is 9.53 Å². The van der Waals surface area contributed by atoms with Crippen LogP contribution in [0.3, 0.4) is 0 Å².